The summed E-state index contributed by atoms with van der Waals surface area (Å²) in [5, 5.41) is 3.42. The van der Waals surface area contributed by atoms with Gasteiger partial charge in [-0.25, -0.2) is 0 Å². The van der Waals surface area contributed by atoms with Gasteiger partial charge in [0.1, 0.15) is 5.75 Å². The average molecular weight is 237 g/mol. The second kappa shape index (κ2) is 8.09. The molecule has 1 unspecified atom stereocenters. The maximum atomic E-state index is 5.51. The highest BCUT2D eigenvalue weighted by Gasteiger charge is 2.10. The Balaban J connectivity index is 2.73. The number of benzene rings is 1. The van der Waals surface area contributed by atoms with Crippen molar-refractivity contribution in [3.05, 3.63) is 29.8 Å². The fraction of sp³-hybridized carbons (Fsp3) is 0.571. The van der Waals surface area contributed by atoms with Crippen LogP contribution in [0.5, 0.6) is 5.75 Å². The van der Waals surface area contributed by atoms with E-state index in [4.69, 9.17) is 9.47 Å². The Morgan fingerprint density at radius 1 is 1.18 bits per heavy atom. The van der Waals surface area contributed by atoms with E-state index in [0.29, 0.717) is 13.2 Å². The predicted octanol–water partition coefficient (Wildman–Crippen LogP) is 2.77. The van der Waals surface area contributed by atoms with Crippen LogP contribution >= 0.6 is 0 Å². The van der Waals surface area contributed by atoms with Gasteiger partial charge in [0.05, 0.1) is 19.3 Å². The lowest BCUT2D eigenvalue weighted by atomic mass is 10.1. The molecule has 0 aromatic heterocycles. The van der Waals surface area contributed by atoms with Crippen molar-refractivity contribution in [2.24, 2.45) is 0 Å². The number of hydrogen-bond donors (Lipinski definition) is 1. The first-order valence-corrected chi connectivity index (χ1v) is 6.35. The molecule has 0 aliphatic carbocycles. The molecule has 0 spiro atoms. The van der Waals surface area contributed by atoms with E-state index in [9.17, 15) is 0 Å². The average Bonchev–Trinajstić information content (AvgIpc) is 2.35. The maximum absolute atomic E-state index is 5.51. The number of nitrogens with one attached hydrogen (secondary N) is 1. The van der Waals surface area contributed by atoms with Crippen molar-refractivity contribution in [1.82, 2.24) is 5.32 Å². The van der Waals surface area contributed by atoms with Crippen LogP contribution in [0, 0.1) is 0 Å². The minimum Gasteiger partial charge on any atom is -0.494 e. The molecule has 0 fully saturated rings. The third kappa shape index (κ3) is 4.75. The summed E-state index contributed by atoms with van der Waals surface area (Å²) in [6.07, 6.45) is 0. The molecule has 0 radical (unpaired) electrons. The first kappa shape index (κ1) is 14.0. The maximum Gasteiger partial charge on any atom is 0.119 e. The van der Waals surface area contributed by atoms with Gasteiger partial charge < -0.3 is 14.8 Å². The molecule has 0 aliphatic rings. The minimum atomic E-state index is 0.236. The summed E-state index contributed by atoms with van der Waals surface area (Å²) in [6.45, 7) is 9.17. The summed E-state index contributed by atoms with van der Waals surface area (Å²) in [5.41, 5.74) is 1.21. The molecule has 0 saturated heterocycles. The zero-order valence-corrected chi connectivity index (χ0v) is 11.0. The van der Waals surface area contributed by atoms with Crippen molar-refractivity contribution in [2.45, 2.75) is 26.8 Å². The summed E-state index contributed by atoms with van der Waals surface area (Å²) in [5.74, 6) is 0.921. The molecule has 3 heteroatoms. The topological polar surface area (TPSA) is 30.5 Å². The zero-order valence-electron chi connectivity index (χ0n) is 11.0. The van der Waals surface area contributed by atoms with E-state index in [0.717, 1.165) is 18.9 Å². The molecular formula is C14H23NO2. The van der Waals surface area contributed by atoms with E-state index in [1.165, 1.54) is 5.56 Å². The summed E-state index contributed by atoms with van der Waals surface area (Å²) in [6, 6.07) is 8.43. The van der Waals surface area contributed by atoms with Crippen LogP contribution in [0.1, 0.15) is 32.4 Å². The Hall–Kier alpha value is -1.06. The van der Waals surface area contributed by atoms with Crippen molar-refractivity contribution in [3.63, 3.8) is 0 Å². The lowest BCUT2D eigenvalue weighted by Gasteiger charge is -2.18. The van der Waals surface area contributed by atoms with E-state index >= 15 is 0 Å². The molecule has 0 aliphatic heterocycles. The standard InChI is InChI=1S/C14H23NO2/c1-4-15-14(11-16-5-2)12-8-7-9-13(10-12)17-6-3/h7-10,14-15H,4-6,11H2,1-3H3. The van der Waals surface area contributed by atoms with Crippen LogP contribution in [-0.2, 0) is 4.74 Å². The third-order valence-electron chi connectivity index (χ3n) is 2.51. The van der Waals surface area contributed by atoms with Gasteiger partial charge in [0, 0.05) is 6.61 Å². The Bertz CT molecular complexity index is 315. The number of likely N-dealkylation sites (N-methyl/N-ethyl adjacent to an activating group) is 1. The van der Waals surface area contributed by atoms with Crippen LogP contribution in [0.15, 0.2) is 24.3 Å². The van der Waals surface area contributed by atoms with Crippen molar-refractivity contribution in [3.8, 4) is 5.75 Å². The monoisotopic (exact) mass is 237 g/mol. The third-order valence-corrected chi connectivity index (χ3v) is 2.51. The van der Waals surface area contributed by atoms with E-state index in [1.54, 1.807) is 0 Å². The molecule has 0 bridgehead atoms. The van der Waals surface area contributed by atoms with Gasteiger partial charge >= 0.3 is 0 Å². The van der Waals surface area contributed by atoms with Crippen molar-refractivity contribution < 1.29 is 9.47 Å². The fourth-order valence-electron chi connectivity index (χ4n) is 1.74. The molecule has 0 heterocycles. The van der Waals surface area contributed by atoms with E-state index in [-0.39, 0.29) is 6.04 Å². The molecule has 1 aromatic carbocycles. The highest BCUT2D eigenvalue weighted by Crippen LogP contribution is 2.19. The molecular weight excluding hydrogens is 214 g/mol. The molecule has 1 rings (SSSR count). The Morgan fingerprint density at radius 2 is 2.00 bits per heavy atom. The molecule has 1 N–H and O–H groups in total. The van der Waals surface area contributed by atoms with Gasteiger partial charge in [-0.3, -0.25) is 0 Å². The van der Waals surface area contributed by atoms with Crippen molar-refractivity contribution >= 4 is 0 Å². The van der Waals surface area contributed by atoms with Gasteiger partial charge in [-0.1, -0.05) is 19.1 Å². The molecule has 1 atom stereocenters. The van der Waals surface area contributed by atoms with Crippen LogP contribution in [0.25, 0.3) is 0 Å². The first-order valence-electron chi connectivity index (χ1n) is 6.35. The van der Waals surface area contributed by atoms with Crippen molar-refractivity contribution in [1.29, 1.82) is 0 Å². The molecule has 3 nitrogen and oxygen atoms in total. The van der Waals surface area contributed by atoms with Gasteiger partial charge in [0.2, 0.25) is 0 Å². The molecule has 17 heavy (non-hydrogen) atoms. The summed E-state index contributed by atoms with van der Waals surface area (Å²) < 4.78 is 11.0. The van der Waals surface area contributed by atoms with Gasteiger partial charge in [-0.15, -0.1) is 0 Å². The predicted molar refractivity (Wildman–Crippen MR) is 70.5 cm³/mol. The van der Waals surface area contributed by atoms with E-state index in [2.05, 4.69) is 24.4 Å². The molecule has 0 saturated carbocycles. The number of ether oxygens (including phenoxy) is 2. The van der Waals surface area contributed by atoms with Crippen molar-refractivity contribution in [2.75, 3.05) is 26.4 Å². The SMILES string of the molecule is CCNC(COCC)c1cccc(OCC)c1. The lowest BCUT2D eigenvalue weighted by molar-refractivity contribution is 0.123. The van der Waals surface area contributed by atoms with Crippen LogP contribution in [-0.4, -0.2) is 26.4 Å². The van der Waals surface area contributed by atoms with Gasteiger partial charge in [0.25, 0.3) is 0 Å². The molecule has 96 valence electrons. The zero-order chi connectivity index (χ0) is 12.5. The van der Waals surface area contributed by atoms with Gasteiger partial charge in [-0.05, 0) is 38.1 Å². The van der Waals surface area contributed by atoms with Crippen LogP contribution in [0.2, 0.25) is 0 Å². The second-order valence-electron chi connectivity index (χ2n) is 3.78. The highest BCUT2D eigenvalue weighted by atomic mass is 16.5. The van der Waals surface area contributed by atoms with Crippen LogP contribution in [0.4, 0.5) is 0 Å². The van der Waals surface area contributed by atoms with E-state index in [1.807, 2.05) is 26.0 Å². The minimum absolute atomic E-state index is 0.236. The first-order chi connectivity index (χ1) is 8.31. The molecule has 1 aromatic rings. The molecule has 0 amide bonds. The Kier molecular flexibility index (Phi) is 6.67. The second-order valence-corrected chi connectivity index (χ2v) is 3.78. The van der Waals surface area contributed by atoms with Crippen LogP contribution in [0.3, 0.4) is 0 Å². The summed E-state index contributed by atoms with van der Waals surface area (Å²) >= 11 is 0. The fourth-order valence-corrected chi connectivity index (χ4v) is 1.74. The smallest absolute Gasteiger partial charge is 0.119 e. The number of hydrogen-bond acceptors (Lipinski definition) is 3. The summed E-state index contributed by atoms with van der Waals surface area (Å²) in [4.78, 5) is 0. The lowest BCUT2D eigenvalue weighted by Crippen LogP contribution is -2.25. The van der Waals surface area contributed by atoms with Crippen LogP contribution < -0.4 is 10.1 Å². The summed E-state index contributed by atoms with van der Waals surface area (Å²) in [7, 11) is 0. The Morgan fingerprint density at radius 3 is 2.65 bits per heavy atom. The number of rotatable bonds is 8. The normalized spacial score (nSPS) is 12.4. The van der Waals surface area contributed by atoms with Gasteiger partial charge in [-0.2, -0.15) is 0 Å². The Labute approximate surface area is 104 Å². The largest absolute Gasteiger partial charge is 0.494 e. The quantitative estimate of drug-likeness (QED) is 0.754. The van der Waals surface area contributed by atoms with E-state index < -0.39 is 0 Å². The highest BCUT2D eigenvalue weighted by molar-refractivity contribution is 5.30. The van der Waals surface area contributed by atoms with Gasteiger partial charge in [0.15, 0.2) is 0 Å².